The Morgan fingerprint density at radius 3 is 2.48 bits per heavy atom. The maximum atomic E-state index is 12.8. The van der Waals surface area contributed by atoms with Crippen molar-refractivity contribution in [3.8, 4) is 0 Å². The van der Waals surface area contributed by atoms with Gasteiger partial charge in [-0.25, -0.2) is 0 Å². The van der Waals surface area contributed by atoms with E-state index in [0.29, 0.717) is 11.5 Å². The van der Waals surface area contributed by atoms with Crippen LogP contribution in [0.4, 0.5) is 13.2 Å². The van der Waals surface area contributed by atoms with E-state index in [0.717, 1.165) is 30.5 Å². The third kappa shape index (κ3) is 6.30. The lowest BCUT2D eigenvalue weighted by molar-refractivity contribution is -0.137. The number of nitrogens with one attached hydrogen (secondary N) is 1. The van der Waals surface area contributed by atoms with Crippen LogP contribution in [0.5, 0.6) is 0 Å². The summed E-state index contributed by atoms with van der Waals surface area (Å²) in [5.41, 5.74) is 0.137. The fourth-order valence-corrected chi connectivity index (χ4v) is 3.28. The standard InChI is InChI=1S/C16H24F3NS/c1-4-12(3)10-21-11-15(20-5-2)13-7-6-8-14(9-13)16(17,18)19/h6-9,12,15,20H,4-5,10-11H2,1-3H3. The van der Waals surface area contributed by atoms with Gasteiger partial charge in [-0.2, -0.15) is 24.9 Å². The lowest BCUT2D eigenvalue weighted by atomic mass is 10.0. The van der Waals surface area contributed by atoms with Gasteiger partial charge in [0.05, 0.1) is 5.56 Å². The van der Waals surface area contributed by atoms with Crippen molar-refractivity contribution in [2.75, 3.05) is 18.1 Å². The molecule has 120 valence electrons. The van der Waals surface area contributed by atoms with E-state index < -0.39 is 11.7 Å². The third-order valence-electron chi connectivity index (χ3n) is 3.45. The molecule has 2 unspecified atom stereocenters. The summed E-state index contributed by atoms with van der Waals surface area (Å²) in [6.07, 6.45) is -3.15. The summed E-state index contributed by atoms with van der Waals surface area (Å²) in [6, 6.07) is 5.61. The molecule has 0 aliphatic heterocycles. The molecule has 0 saturated heterocycles. The van der Waals surface area contributed by atoms with E-state index in [2.05, 4.69) is 19.2 Å². The summed E-state index contributed by atoms with van der Waals surface area (Å²) >= 11 is 1.80. The van der Waals surface area contributed by atoms with Gasteiger partial charge >= 0.3 is 6.18 Å². The summed E-state index contributed by atoms with van der Waals surface area (Å²) in [4.78, 5) is 0. The van der Waals surface area contributed by atoms with E-state index >= 15 is 0 Å². The molecule has 1 aromatic rings. The Kier molecular flexibility index (Phi) is 7.60. The molecule has 1 nitrogen and oxygen atoms in total. The molecule has 0 spiro atoms. The Bertz CT molecular complexity index is 420. The zero-order valence-electron chi connectivity index (χ0n) is 12.8. The van der Waals surface area contributed by atoms with Crippen LogP contribution in [0.3, 0.4) is 0 Å². The van der Waals surface area contributed by atoms with Gasteiger partial charge in [0.25, 0.3) is 0 Å². The third-order valence-corrected chi connectivity index (χ3v) is 4.82. The Labute approximate surface area is 129 Å². The largest absolute Gasteiger partial charge is 0.416 e. The van der Waals surface area contributed by atoms with Crippen LogP contribution in [-0.4, -0.2) is 18.1 Å². The van der Waals surface area contributed by atoms with Crippen molar-refractivity contribution in [1.29, 1.82) is 0 Å². The molecule has 0 aliphatic carbocycles. The first-order chi connectivity index (χ1) is 9.88. The summed E-state index contributed by atoms with van der Waals surface area (Å²) in [5.74, 6) is 2.47. The van der Waals surface area contributed by atoms with Crippen LogP contribution in [0, 0.1) is 5.92 Å². The molecule has 0 aromatic heterocycles. The van der Waals surface area contributed by atoms with Crippen molar-refractivity contribution in [2.24, 2.45) is 5.92 Å². The van der Waals surface area contributed by atoms with Gasteiger partial charge in [-0.05, 0) is 35.9 Å². The number of hydrogen-bond acceptors (Lipinski definition) is 2. The lowest BCUT2D eigenvalue weighted by Crippen LogP contribution is -2.23. The molecule has 2 atom stereocenters. The highest BCUT2D eigenvalue weighted by Crippen LogP contribution is 2.31. The lowest BCUT2D eigenvalue weighted by Gasteiger charge is -2.20. The molecule has 0 fully saturated rings. The Balaban J connectivity index is 2.76. The zero-order chi connectivity index (χ0) is 15.9. The molecule has 21 heavy (non-hydrogen) atoms. The Hall–Kier alpha value is -0.680. The molecule has 0 saturated carbocycles. The predicted molar refractivity (Wildman–Crippen MR) is 84.6 cm³/mol. The van der Waals surface area contributed by atoms with E-state index in [1.165, 1.54) is 12.1 Å². The van der Waals surface area contributed by atoms with Gasteiger partial charge in [-0.15, -0.1) is 0 Å². The van der Waals surface area contributed by atoms with Gasteiger partial charge in [0.1, 0.15) is 0 Å². The Morgan fingerprint density at radius 1 is 1.19 bits per heavy atom. The number of alkyl halides is 3. The molecule has 0 bridgehead atoms. The van der Waals surface area contributed by atoms with Gasteiger partial charge in [0.2, 0.25) is 0 Å². The monoisotopic (exact) mass is 319 g/mol. The molecular weight excluding hydrogens is 295 g/mol. The van der Waals surface area contributed by atoms with E-state index in [1.54, 1.807) is 17.8 Å². The van der Waals surface area contributed by atoms with Crippen molar-refractivity contribution >= 4 is 11.8 Å². The minimum absolute atomic E-state index is 0.0358. The van der Waals surface area contributed by atoms with Crippen molar-refractivity contribution in [2.45, 2.75) is 39.4 Å². The molecule has 5 heteroatoms. The van der Waals surface area contributed by atoms with Crippen LogP contribution in [-0.2, 0) is 6.18 Å². The van der Waals surface area contributed by atoms with Crippen molar-refractivity contribution < 1.29 is 13.2 Å². The van der Waals surface area contributed by atoms with Crippen molar-refractivity contribution in [3.63, 3.8) is 0 Å². The average Bonchev–Trinajstić information content (AvgIpc) is 2.45. The van der Waals surface area contributed by atoms with Gasteiger partial charge in [-0.1, -0.05) is 39.3 Å². The van der Waals surface area contributed by atoms with Gasteiger partial charge < -0.3 is 5.32 Å². The summed E-state index contributed by atoms with van der Waals surface area (Å²) in [6.45, 7) is 7.06. The smallest absolute Gasteiger partial charge is 0.310 e. The molecule has 0 amide bonds. The van der Waals surface area contributed by atoms with Crippen LogP contribution >= 0.6 is 11.8 Å². The van der Waals surface area contributed by atoms with Crippen molar-refractivity contribution in [3.05, 3.63) is 35.4 Å². The number of thioether (sulfide) groups is 1. The van der Waals surface area contributed by atoms with E-state index in [9.17, 15) is 13.2 Å². The van der Waals surface area contributed by atoms with Gasteiger partial charge in [-0.3, -0.25) is 0 Å². The first kappa shape index (κ1) is 18.4. The topological polar surface area (TPSA) is 12.0 Å². The second kappa shape index (κ2) is 8.69. The van der Waals surface area contributed by atoms with Crippen molar-refractivity contribution in [1.82, 2.24) is 5.32 Å². The molecule has 0 radical (unpaired) electrons. The number of hydrogen-bond donors (Lipinski definition) is 1. The normalized spacial score (nSPS) is 15.0. The second-order valence-corrected chi connectivity index (χ2v) is 6.36. The maximum Gasteiger partial charge on any atom is 0.416 e. The van der Waals surface area contributed by atoms with Crippen LogP contribution in [0.2, 0.25) is 0 Å². The van der Waals surface area contributed by atoms with Crippen LogP contribution in [0.15, 0.2) is 24.3 Å². The highest BCUT2D eigenvalue weighted by atomic mass is 32.2. The second-order valence-electron chi connectivity index (χ2n) is 5.28. The fourth-order valence-electron chi connectivity index (χ4n) is 1.96. The van der Waals surface area contributed by atoms with Crippen LogP contribution in [0.25, 0.3) is 0 Å². The van der Waals surface area contributed by atoms with E-state index in [4.69, 9.17) is 0 Å². The average molecular weight is 319 g/mol. The molecular formula is C16H24F3NS. The summed E-state index contributed by atoms with van der Waals surface area (Å²) < 4.78 is 38.4. The van der Waals surface area contributed by atoms with E-state index in [1.807, 2.05) is 6.92 Å². The van der Waals surface area contributed by atoms with Crippen LogP contribution in [0.1, 0.15) is 44.4 Å². The van der Waals surface area contributed by atoms with E-state index in [-0.39, 0.29) is 6.04 Å². The Morgan fingerprint density at radius 2 is 1.90 bits per heavy atom. The minimum atomic E-state index is -4.28. The minimum Gasteiger partial charge on any atom is -0.310 e. The predicted octanol–water partition coefficient (Wildman–Crippen LogP) is 5.14. The first-order valence-corrected chi connectivity index (χ1v) is 8.52. The van der Waals surface area contributed by atoms with Gasteiger partial charge in [0.15, 0.2) is 0 Å². The summed E-state index contributed by atoms with van der Waals surface area (Å²) in [5, 5.41) is 3.28. The molecule has 1 aromatic carbocycles. The fraction of sp³-hybridized carbons (Fsp3) is 0.625. The molecule has 0 aliphatic rings. The molecule has 1 rings (SSSR count). The molecule has 0 heterocycles. The maximum absolute atomic E-state index is 12.8. The highest BCUT2D eigenvalue weighted by Gasteiger charge is 2.30. The molecule has 1 N–H and O–H groups in total. The summed E-state index contributed by atoms with van der Waals surface area (Å²) in [7, 11) is 0. The quantitative estimate of drug-likeness (QED) is 0.712. The van der Waals surface area contributed by atoms with Gasteiger partial charge in [0, 0.05) is 11.8 Å². The highest BCUT2D eigenvalue weighted by molar-refractivity contribution is 7.99. The number of halogens is 3. The number of rotatable bonds is 8. The zero-order valence-corrected chi connectivity index (χ0v) is 13.7. The van der Waals surface area contributed by atoms with Crippen LogP contribution < -0.4 is 5.32 Å². The SMILES string of the molecule is CCNC(CSCC(C)CC)c1cccc(C(F)(F)F)c1. The number of benzene rings is 1. The first-order valence-electron chi connectivity index (χ1n) is 7.36.